The van der Waals surface area contributed by atoms with Crippen LogP contribution in [0.2, 0.25) is 5.02 Å². The van der Waals surface area contributed by atoms with Gasteiger partial charge in [0.1, 0.15) is 10.3 Å². The molecule has 0 amide bonds. The maximum absolute atomic E-state index is 12.3. The Kier molecular flexibility index (Phi) is 3.76. The molecule has 4 aromatic rings. The van der Waals surface area contributed by atoms with Gasteiger partial charge in [-0.3, -0.25) is 4.79 Å². The lowest BCUT2D eigenvalue weighted by atomic mass is 10.2. The Morgan fingerprint density at radius 3 is 2.71 bits per heavy atom. The highest BCUT2D eigenvalue weighted by Gasteiger charge is 2.09. The number of nitrogens with zero attached hydrogens (tertiary/aromatic N) is 3. The predicted molar refractivity (Wildman–Crippen MR) is 95.0 cm³/mol. The minimum atomic E-state index is -0.204. The first-order chi connectivity index (χ1) is 11.7. The van der Waals surface area contributed by atoms with Crippen LogP contribution < -0.4 is 10.1 Å². The van der Waals surface area contributed by atoms with E-state index in [-0.39, 0.29) is 5.56 Å². The minimum Gasteiger partial charge on any atom is -0.465 e. The van der Waals surface area contributed by atoms with Crippen molar-refractivity contribution >= 4 is 46.1 Å². The van der Waals surface area contributed by atoms with Gasteiger partial charge in [-0.05, 0) is 35.9 Å². The first-order valence-electron chi connectivity index (χ1n) is 7.07. The van der Waals surface area contributed by atoms with E-state index in [1.54, 1.807) is 30.5 Å². The van der Waals surface area contributed by atoms with Crippen molar-refractivity contribution in [1.82, 2.24) is 14.6 Å². The van der Waals surface area contributed by atoms with Crippen LogP contribution in [0.1, 0.15) is 17.1 Å². The van der Waals surface area contributed by atoms with E-state index < -0.39 is 0 Å². The van der Waals surface area contributed by atoms with Crippen LogP contribution in [-0.2, 0) is 0 Å². The van der Waals surface area contributed by atoms with Gasteiger partial charge >= 0.3 is 0 Å². The van der Waals surface area contributed by atoms with Gasteiger partial charge in [0.15, 0.2) is 5.82 Å². The summed E-state index contributed by atoms with van der Waals surface area (Å²) in [5.74, 6) is 1.11. The summed E-state index contributed by atoms with van der Waals surface area (Å²) < 4.78 is 7.07. The SMILES string of the molecule is O=c1c(=Cc2ccco2)sc2nc(C=Cc3ccc(Cl)cc3)nn12. The number of hydrogen-bond donors (Lipinski definition) is 0. The van der Waals surface area contributed by atoms with Gasteiger partial charge in [-0.25, -0.2) is 0 Å². The zero-order chi connectivity index (χ0) is 16.5. The number of hydrogen-bond acceptors (Lipinski definition) is 5. The first-order valence-corrected chi connectivity index (χ1v) is 8.27. The van der Waals surface area contributed by atoms with Crippen LogP contribution in [0.5, 0.6) is 0 Å². The van der Waals surface area contributed by atoms with E-state index >= 15 is 0 Å². The Morgan fingerprint density at radius 2 is 2.00 bits per heavy atom. The van der Waals surface area contributed by atoms with Crippen LogP contribution in [0.25, 0.3) is 23.2 Å². The van der Waals surface area contributed by atoms with Gasteiger partial charge in [0.25, 0.3) is 5.56 Å². The number of aromatic nitrogens is 3. The number of thiazole rings is 1. The average molecular weight is 356 g/mol. The van der Waals surface area contributed by atoms with Gasteiger partial charge in [-0.1, -0.05) is 41.1 Å². The summed E-state index contributed by atoms with van der Waals surface area (Å²) in [6.45, 7) is 0. The zero-order valence-corrected chi connectivity index (χ0v) is 13.8. The van der Waals surface area contributed by atoms with Gasteiger partial charge in [-0.2, -0.15) is 9.50 Å². The van der Waals surface area contributed by atoms with E-state index in [0.29, 0.717) is 26.1 Å². The van der Waals surface area contributed by atoms with E-state index in [0.717, 1.165) is 5.56 Å². The van der Waals surface area contributed by atoms with Gasteiger partial charge in [0.05, 0.1) is 6.26 Å². The van der Waals surface area contributed by atoms with Crippen LogP contribution in [0.15, 0.2) is 51.9 Å². The first kappa shape index (κ1) is 14.9. The average Bonchev–Trinajstić information content (AvgIpc) is 3.28. The fourth-order valence-corrected chi connectivity index (χ4v) is 3.19. The van der Waals surface area contributed by atoms with Crippen molar-refractivity contribution in [3.8, 4) is 0 Å². The zero-order valence-electron chi connectivity index (χ0n) is 12.2. The summed E-state index contributed by atoms with van der Waals surface area (Å²) in [6.07, 6.45) is 6.88. The lowest BCUT2D eigenvalue weighted by Crippen LogP contribution is -2.23. The number of halogens is 1. The van der Waals surface area contributed by atoms with Crippen LogP contribution in [0, 0.1) is 0 Å². The molecule has 24 heavy (non-hydrogen) atoms. The second-order valence-electron chi connectivity index (χ2n) is 4.98. The van der Waals surface area contributed by atoms with Gasteiger partial charge in [0.2, 0.25) is 4.96 Å². The molecular weight excluding hydrogens is 346 g/mol. The number of furan rings is 1. The van der Waals surface area contributed by atoms with E-state index in [2.05, 4.69) is 10.1 Å². The van der Waals surface area contributed by atoms with Crippen LogP contribution in [0.3, 0.4) is 0 Å². The standard InChI is InChI=1S/C17H10ClN3O2S/c18-12-6-3-11(4-7-12)5-8-15-19-17-21(20-15)16(22)14(24-17)10-13-2-1-9-23-13/h1-10H. The Labute approximate surface area is 145 Å². The Bertz CT molecular complexity index is 1130. The summed E-state index contributed by atoms with van der Waals surface area (Å²) >= 11 is 7.13. The largest absolute Gasteiger partial charge is 0.465 e. The molecule has 0 aliphatic carbocycles. The molecule has 7 heteroatoms. The molecule has 0 bridgehead atoms. The van der Waals surface area contributed by atoms with Crippen molar-refractivity contribution in [2.75, 3.05) is 0 Å². The summed E-state index contributed by atoms with van der Waals surface area (Å²) in [5, 5.41) is 4.92. The predicted octanol–water partition coefficient (Wildman–Crippen LogP) is 3.12. The summed E-state index contributed by atoms with van der Waals surface area (Å²) in [5.41, 5.74) is 0.775. The Balaban J connectivity index is 1.67. The number of fused-ring (bicyclic) bond motifs is 1. The molecule has 0 N–H and O–H groups in total. The normalized spacial score (nSPS) is 12.6. The summed E-state index contributed by atoms with van der Waals surface area (Å²) in [4.78, 5) is 17.3. The topological polar surface area (TPSA) is 60.4 Å². The monoisotopic (exact) mass is 355 g/mol. The molecule has 4 rings (SSSR count). The van der Waals surface area contributed by atoms with Crippen LogP contribution in [-0.4, -0.2) is 14.6 Å². The third-order valence-corrected chi connectivity index (χ3v) is 4.52. The molecule has 0 aliphatic heterocycles. The molecule has 118 valence electrons. The van der Waals surface area contributed by atoms with E-state index in [4.69, 9.17) is 16.0 Å². The smallest absolute Gasteiger partial charge is 0.291 e. The maximum Gasteiger partial charge on any atom is 0.291 e. The number of benzene rings is 1. The lowest BCUT2D eigenvalue weighted by Gasteiger charge is -1.91. The fraction of sp³-hybridized carbons (Fsp3) is 0. The molecule has 0 atom stereocenters. The van der Waals surface area contributed by atoms with Crippen LogP contribution in [0.4, 0.5) is 0 Å². The van der Waals surface area contributed by atoms with E-state index in [9.17, 15) is 4.79 Å². The molecule has 0 saturated heterocycles. The lowest BCUT2D eigenvalue weighted by molar-refractivity contribution is 0.556. The second-order valence-corrected chi connectivity index (χ2v) is 6.43. The maximum atomic E-state index is 12.3. The van der Waals surface area contributed by atoms with Crippen molar-refractivity contribution < 1.29 is 4.42 Å². The van der Waals surface area contributed by atoms with Gasteiger partial charge in [0, 0.05) is 11.1 Å². The highest BCUT2D eigenvalue weighted by Crippen LogP contribution is 2.12. The third kappa shape index (κ3) is 2.89. The molecule has 1 aromatic carbocycles. The highest BCUT2D eigenvalue weighted by atomic mass is 35.5. The molecule has 0 unspecified atom stereocenters. The van der Waals surface area contributed by atoms with Crippen molar-refractivity contribution in [1.29, 1.82) is 0 Å². The summed E-state index contributed by atoms with van der Waals surface area (Å²) in [6, 6.07) is 11.0. The van der Waals surface area contributed by atoms with Crippen molar-refractivity contribution in [2.24, 2.45) is 0 Å². The van der Waals surface area contributed by atoms with Gasteiger partial charge < -0.3 is 4.42 Å². The second kappa shape index (κ2) is 6.07. The van der Waals surface area contributed by atoms with Crippen molar-refractivity contribution in [3.05, 3.63) is 79.7 Å². The quantitative estimate of drug-likeness (QED) is 0.566. The van der Waals surface area contributed by atoms with Crippen LogP contribution >= 0.6 is 22.9 Å². The minimum absolute atomic E-state index is 0.204. The molecular formula is C17H10ClN3O2S. The third-order valence-electron chi connectivity index (χ3n) is 3.31. The molecule has 0 radical (unpaired) electrons. The molecule has 3 aromatic heterocycles. The molecule has 0 saturated carbocycles. The molecule has 0 fully saturated rings. The molecule has 3 heterocycles. The van der Waals surface area contributed by atoms with Crippen molar-refractivity contribution in [3.63, 3.8) is 0 Å². The molecule has 5 nitrogen and oxygen atoms in total. The Hall–Kier alpha value is -2.70. The van der Waals surface area contributed by atoms with E-state index in [1.165, 1.54) is 15.9 Å². The highest BCUT2D eigenvalue weighted by molar-refractivity contribution is 7.15. The molecule has 0 aliphatic rings. The fourth-order valence-electron chi connectivity index (χ4n) is 2.17. The molecule has 0 spiro atoms. The summed E-state index contributed by atoms with van der Waals surface area (Å²) in [7, 11) is 0. The van der Waals surface area contributed by atoms with Gasteiger partial charge in [-0.15, -0.1) is 5.10 Å². The Morgan fingerprint density at radius 1 is 1.17 bits per heavy atom. The van der Waals surface area contributed by atoms with Crippen molar-refractivity contribution in [2.45, 2.75) is 0 Å². The number of rotatable bonds is 3. The van der Waals surface area contributed by atoms with E-state index in [1.807, 2.05) is 30.3 Å².